The molecule has 0 aliphatic rings. The molecule has 0 amide bonds. The molecule has 0 fully saturated rings. The van der Waals surface area contributed by atoms with Gasteiger partial charge in [0.15, 0.2) is 0 Å². The Labute approximate surface area is 111 Å². The Morgan fingerprint density at radius 3 is 2.47 bits per heavy atom. The van der Waals surface area contributed by atoms with Crippen LogP contribution in [0.3, 0.4) is 0 Å². The summed E-state index contributed by atoms with van der Waals surface area (Å²) >= 11 is 0. The number of fused-ring (bicyclic) bond motifs is 1. The maximum atomic E-state index is 12.1. The van der Waals surface area contributed by atoms with E-state index < -0.39 is 0 Å². The van der Waals surface area contributed by atoms with Gasteiger partial charge >= 0.3 is 5.56 Å². The van der Waals surface area contributed by atoms with E-state index in [9.17, 15) is 4.79 Å². The molecule has 3 nitrogen and oxygen atoms in total. The minimum absolute atomic E-state index is 0.0282. The van der Waals surface area contributed by atoms with Crippen molar-refractivity contribution in [2.45, 2.75) is 6.92 Å². The Morgan fingerprint density at radius 2 is 1.68 bits per heavy atom. The van der Waals surface area contributed by atoms with Crippen molar-refractivity contribution in [3.63, 3.8) is 0 Å². The van der Waals surface area contributed by atoms with Gasteiger partial charge < -0.3 is 0 Å². The Kier molecular flexibility index (Phi) is 2.67. The third-order valence-corrected chi connectivity index (χ3v) is 3.38. The van der Waals surface area contributed by atoms with Gasteiger partial charge in [-0.3, -0.25) is 0 Å². The summed E-state index contributed by atoms with van der Waals surface area (Å²) in [6.07, 6.45) is 1.84. The molecule has 0 N–H and O–H groups in total. The van der Waals surface area contributed by atoms with E-state index in [1.807, 2.05) is 42.7 Å². The summed E-state index contributed by atoms with van der Waals surface area (Å²) in [6, 6.07) is 15.9. The standard InChI is InChI=1S/C16H15N2O/c1-12-7-3-5-9-14(12)18-11-17(2)16(19)13-8-4-6-10-15(13)18/h3-11H,1-2H3/q+1. The molecule has 3 aromatic rings. The van der Waals surface area contributed by atoms with Gasteiger partial charge in [0.1, 0.15) is 16.6 Å². The van der Waals surface area contributed by atoms with Gasteiger partial charge in [-0.25, -0.2) is 9.36 Å². The van der Waals surface area contributed by atoms with Gasteiger partial charge in [0, 0.05) is 0 Å². The maximum Gasteiger partial charge on any atom is 0.344 e. The van der Waals surface area contributed by atoms with Crippen LogP contribution in [-0.4, -0.2) is 4.57 Å². The summed E-state index contributed by atoms with van der Waals surface area (Å²) in [5.41, 5.74) is 3.23. The van der Waals surface area contributed by atoms with E-state index in [1.54, 1.807) is 11.6 Å². The first-order valence-corrected chi connectivity index (χ1v) is 6.24. The second kappa shape index (κ2) is 4.35. The van der Waals surface area contributed by atoms with Gasteiger partial charge in [-0.2, -0.15) is 4.57 Å². The average Bonchev–Trinajstić information content (AvgIpc) is 2.44. The summed E-state index contributed by atoms with van der Waals surface area (Å²) in [6.45, 7) is 2.07. The molecule has 1 heterocycles. The normalized spacial score (nSPS) is 10.8. The molecule has 1 aromatic heterocycles. The highest BCUT2D eigenvalue weighted by Gasteiger charge is 2.14. The second-order valence-corrected chi connectivity index (χ2v) is 4.71. The summed E-state index contributed by atoms with van der Waals surface area (Å²) in [5.74, 6) is 0. The van der Waals surface area contributed by atoms with Crippen LogP contribution in [0.1, 0.15) is 5.56 Å². The lowest BCUT2D eigenvalue weighted by molar-refractivity contribution is -0.573. The predicted molar refractivity (Wildman–Crippen MR) is 75.5 cm³/mol. The van der Waals surface area contributed by atoms with Crippen LogP contribution >= 0.6 is 0 Å². The molecule has 2 aromatic carbocycles. The van der Waals surface area contributed by atoms with Crippen LogP contribution in [0.25, 0.3) is 16.6 Å². The molecule has 0 aliphatic heterocycles. The van der Waals surface area contributed by atoms with Crippen LogP contribution in [0, 0.1) is 6.92 Å². The number of hydrogen-bond acceptors (Lipinski definition) is 1. The monoisotopic (exact) mass is 251 g/mol. The number of hydrogen-bond donors (Lipinski definition) is 0. The van der Waals surface area contributed by atoms with Crippen LogP contribution in [0.15, 0.2) is 59.7 Å². The third-order valence-electron chi connectivity index (χ3n) is 3.38. The van der Waals surface area contributed by atoms with Crippen LogP contribution in [0.5, 0.6) is 0 Å². The van der Waals surface area contributed by atoms with Crippen molar-refractivity contribution in [2.75, 3.05) is 0 Å². The molecule has 0 saturated carbocycles. The Bertz CT molecular complexity index is 818. The Morgan fingerprint density at radius 1 is 1.00 bits per heavy atom. The zero-order valence-corrected chi connectivity index (χ0v) is 11.0. The van der Waals surface area contributed by atoms with Crippen LogP contribution in [0.2, 0.25) is 0 Å². The van der Waals surface area contributed by atoms with E-state index in [2.05, 4.69) is 23.6 Å². The molecular weight excluding hydrogens is 236 g/mol. The van der Waals surface area contributed by atoms with E-state index in [4.69, 9.17) is 0 Å². The molecular formula is C16H15N2O+. The maximum absolute atomic E-state index is 12.1. The van der Waals surface area contributed by atoms with Gasteiger partial charge in [0.25, 0.3) is 6.33 Å². The summed E-state index contributed by atoms with van der Waals surface area (Å²) in [7, 11) is 1.78. The second-order valence-electron chi connectivity index (χ2n) is 4.71. The van der Waals surface area contributed by atoms with Crippen molar-refractivity contribution in [2.24, 2.45) is 7.05 Å². The highest BCUT2D eigenvalue weighted by atomic mass is 16.1. The van der Waals surface area contributed by atoms with E-state index in [0.717, 1.165) is 16.6 Å². The average molecular weight is 251 g/mol. The van der Waals surface area contributed by atoms with Gasteiger partial charge in [-0.1, -0.05) is 30.3 Å². The molecule has 0 unspecified atom stereocenters. The van der Waals surface area contributed by atoms with Gasteiger partial charge in [-0.15, -0.1) is 0 Å². The van der Waals surface area contributed by atoms with Gasteiger partial charge in [0.05, 0.1) is 7.05 Å². The van der Waals surface area contributed by atoms with Crippen molar-refractivity contribution in [3.8, 4) is 5.69 Å². The lowest BCUT2D eigenvalue weighted by Crippen LogP contribution is -2.38. The molecule has 0 saturated heterocycles. The first-order chi connectivity index (χ1) is 9.18. The van der Waals surface area contributed by atoms with Crippen molar-refractivity contribution < 1.29 is 4.57 Å². The van der Waals surface area contributed by atoms with E-state index >= 15 is 0 Å². The number of para-hydroxylation sites is 2. The topological polar surface area (TPSA) is 25.9 Å². The first-order valence-electron chi connectivity index (χ1n) is 6.24. The van der Waals surface area contributed by atoms with Crippen LogP contribution < -0.4 is 10.1 Å². The first kappa shape index (κ1) is 11.7. The molecule has 0 bridgehead atoms. The minimum Gasteiger partial charge on any atom is -0.241 e. The smallest absolute Gasteiger partial charge is 0.241 e. The Balaban J connectivity index is 2.46. The minimum atomic E-state index is 0.0282. The lowest BCUT2D eigenvalue weighted by Gasteiger charge is -2.07. The molecule has 3 heteroatoms. The molecule has 0 atom stereocenters. The number of nitrogens with zero attached hydrogens (tertiary/aromatic N) is 2. The molecule has 0 aliphatic carbocycles. The molecule has 3 rings (SSSR count). The number of rotatable bonds is 1. The summed E-state index contributed by atoms with van der Waals surface area (Å²) < 4.78 is 3.68. The van der Waals surface area contributed by atoms with E-state index in [1.165, 1.54) is 5.56 Å². The van der Waals surface area contributed by atoms with Crippen molar-refractivity contribution in [3.05, 3.63) is 70.8 Å². The lowest BCUT2D eigenvalue weighted by atomic mass is 10.1. The quantitative estimate of drug-likeness (QED) is 0.608. The molecule has 94 valence electrons. The number of benzene rings is 2. The fourth-order valence-electron chi connectivity index (χ4n) is 2.37. The summed E-state index contributed by atoms with van der Waals surface area (Å²) in [4.78, 5) is 12.1. The number of aryl methyl sites for hydroxylation is 2. The highest BCUT2D eigenvalue weighted by Crippen LogP contribution is 2.10. The zero-order valence-electron chi connectivity index (χ0n) is 11.0. The number of aromatic nitrogens is 2. The summed E-state index contributed by atoms with van der Waals surface area (Å²) in [5, 5.41) is 0.732. The molecule has 0 spiro atoms. The predicted octanol–water partition coefficient (Wildman–Crippen LogP) is 2.12. The van der Waals surface area contributed by atoms with Gasteiger partial charge in [-0.05, 0) is 30.7 Å². The molecule has 0 radical (unpaired) electrons. The third kappa shape index (κ3) is 1.83. The van der Waals surface area contributed by atoms with E-state index in [0.29, 0.717) is 0 Å². The molecule has 19 heavy (non-hydrogen) atoms. The van der Waals surface area contributed by atoms with Crippen LogP contribution in [-0.2, 0) is 7.05 Å². The zero-order chi connectivity index (χ0) is 13.4. The van der Waals surface area contributed by atoms with Crippen LogP contribution in [0.4, 0.5) is 0 Å². The SMILES string of the molecule is Cc1ccccc1-[n+]1cn(C)c(=O)c2ccccc21. The Hall–Kier alpha value is -2.42. The van der Waals surface area contributed by atoms with E-state index in [-0.39, 0.29) is 5.56 Å². The highest BCUT2D eigenvalue weighted by molar-refractivity contribution is 5.74. The van der Waals surface area contributed by atoms with Crippen molar-refractivity contribution in [1.29, 1.82) is 0 Å². The fourth-order valence-corrected chi connectivity index (χ4v) is 2.37. The van der Waals surface area contributed by atoms with Crippen molar-refractivity contribution >= 4 is 10.9 Å². The van der Waals surface area contributed by atoms with Gasteiger partial charge in [0.2, 0.25) is 0 Å². The fraction of sp³-hybridized carbons (Fsp3) is 0.125. The largest absolute Gasteiger partial charge is 0.344 e. The van der Waals surface area contributed by atoms with Crippen molar-refractivity contribution in [1.82, 2.24) is 4.57 Å².